The molecule has 4 nitrogen and oxygen atoms in total. The van der Waals surface area contributed by atoms with Gasteiger partial charge in [0.2, 0.25) is 0 Å². The van der Waals surface area contributed by atoms with Crippen LogP contribution in [0, 0.1) is 12.7 Å². The molecular formula is C24H17BrFN3O. The Bertz CT molecular complexity index is 1250. The minimum Gasteiger partial charge on any atom is -0.295 e. The first-order valence-electron chi connectivity index (χ1n) is 9.53. The zero-order valence-electron chi connectivity index (χ0n) is 16.1. The molecule has 0 aliphatic carbocycles. The fourth-order valence-corrected chi connectivity index (χ4v) is 4.20. The summed E-state index contributed by atoms with van der Waals surface area (Å²) in [5.41, 5.74) is 4.82. The van der Waals surface area contributed by atoms with E-state index in [0.29, 0.717) is 28.2 Å². The van der Waals surface area contributed by atoms with Crippen LogP contribution < -0.4 is 4.90 Å². The highest BCUT2D eigenvalue weighted by atomic mass is 79.9. The minimum absolute atomic E-state index is 0.224. The molecule has 1 aliphatic heterocycles. The lowest BCUT2D eigenvalue weighted by Gasteiger charge is -2.27. The molecule has 0 saturated heterocycles. The second-order valence-corrected chi connectivity index (χ2v) is 8.22. The van der Waals surface area contributed by atoms with Crippen LogP contribution in [0.25, 0.3) is 11.3 Å². The highest BCUT2D eigenvalue weighted by Crippen LogP contribution is 2.45. The van der Waals surface area contributed by atoms with Crippen LogP contribution in [0.3, 0.4) is 0 Å². The number of carbonyl (C=O) groups excluding carboxylic acids is 1. The molecule has 1 amide bonds. The molecule has 0 radical (unpaired) electrons. The molecule has 1 atom stereocenters. The van der Waals surface area contributed by atoms with Gasteiger partial charge in [-0.1, -0.05) is 64.0 Å². The van der Waals surface area contributed by atoms with Gasteiger partial charge in [0.1, 0.15) is 11.5 Å². The standard InChI is InChI=1S/C24H17BrFN3O/c1-14-6-12-17(13-7-14)29-23(18-4-2-3-5-19(18)26)20-21(27-28-22(20)24(29)30)15-8-10-16(25)11-9-15/h2-13,23H,1H3,(H,27,28)/t23-/m0/s1. The van der Waals surface area contributed by atoms with Crippen molar-refractivity contribution in [2.24, 2.45) is 0 Å². The fourth-order valence-electron chi connectivity index (χ4n) is 3.94. The molecule has 2 heterocycles. The number of hydrogen-bond donors (Lipinski definition) is 1. The Morgan fingerprint density at radius 1 is 1.00 bits per heavy atom. The molecule has 0 unspecified atom stereocenters. The van der Waals surface area contributed by atoms with Crippen LogP contribution in [0.1, 0.15) is 33.2 Å². The van der Waals surface area contributed by atoms with E-state index in [4.69, 9.17) is 0 Å². The number of nitrogens with one attached hydrogen (secondary N) is 1. The Balaban J connectivity index is 1.74. The first-order valence-corrected chi connectivity index (χ1v) is 10.3. The maximum Gasteiger partial charge on any atom is 0.277 e. The van der Waals surface area contributed by atoms with Gasteiger partial charge in [-0.2, -0.15) is 5.10 Å². The number of nitrogens with zero attached hydrogens (tertiary/aromatic N) is 2. The molecule has 0 bridgehead atoms. The SMILES string of the molecule is Cc1ccc(N2C(=O)c3[nH]nc(-c4ccc(Br)cc4)c3[C@@H]2c2ccccc2F)cc1. The van der Waals surface area contributed by atoms with Crippen LogP contribution in [0.2, 0.25) is 0 Å². The van der Waals surface area contributed by atoms with Gasteiger partial charge >= 0.3 is 0 Å². The Morgan fingerprint density at radius 3 is 2.40 bits per heavy atom. The molecule has 0 saturated carbocycles. The molecular weight excluding hydrogens is 445 g/mol. The highest BCUT2D eigenvalue weighted by Gasteiger charge is 2.44. The molecule has 148 valence electrons. The van der Waals surface area contributed by atoms with Gasteiger partial charge in [-0.25, -0.2) is 4.39 Å². The van der Waals surface area contributed by atoms with Crippen LogP contribution in [-0.2, 0) is 0 Å². The van der Waals surface area contributed by atoms with Crippen LogP contribution in [0.15, 0.2) is 77.3 Å². The Kier molecular flexibility index (Phi) is 4.51. The zero-order valence-corrected chi connectivity index (χ0v) is 17.7. The number of halogens is 2. The number of anilines is 1. The van der Waals surface area contributed by atoms with Crippen LogP contribution in [-0.4, -0.2) is 16.1 Å². The number of benzene rings is 3. The average molecular weight is 462 g/mol. The number of fused-ring (bicyclic) bond motifs is 1. The predicted octanol–water partition coefficient (Wildman–Crippen LogP) is 6.04. The number of H-pyrrole nitrogens is 1. The van der Waals surface area contributed by atoms with Crippen LogP contribution in [0.4, 0.5) is 10.1 Å². The summed E-state index contributed by atoms with van der Waals surface area (Å²) in [6, 6.07) is 21.3. The van der Waals surface area contributed by atoms with Crippen molar-refractivity contribution < 1.29 is 9.18 Å². The summed E-state index contributed by atoms with van der Waals surface area (Å²) in [6.45, 7) is 1.99. The summed E-state index contributed by atoms with van der Waals surface area (Å²) >= 11 is 3.44. The number of hydrogen-bond acceptors (Lipinski definition) is 2. The summed E-state index contributed by atoms with van der Waals surface area (Å²) in [7, 11) is 0. The average Bonchev–Trinajstić information content (AvgIpc) is 3.29. The Labute approximate surface area is 181 Å². The maximum absolute atomic E-state index is 14.9. The molecule has 1 aromatic heterocycles. The summed E-state index contributed by atoms with van der Waals surface area (Å²) < 4.78 is 15.9. The monoisotopic (exact) mass is 461 g/mol. The molecule has 1 aliphatic rings. The summed E-state index contributed by atoms with van der Waals surface area (Å²) in [4.78, 5) is 15.0. The molecule has 1 N–H and O–H groups in total. The van der Waals surface area contributed by atoms with Crippen molar-refractivity contribution in [3.63, 3.8) is 0 Å². The smallest absolute Gasteiger partial charge is 0.277 e. The molecule has 0 spiro atoms. The summed E-state index contributed by atoms with van der Waals surface area (Å²) in [6.07, 6.45) is 0. The third kappa shape index (κ3) is 2.95. The summed E-state index contributed by atoms with van der Waals surface area (Å²) in [5.74, 6) is -0.582. The van der Waals surface area contributed by atoms with E-state index in [1.54, 1.807) is 23.1 Å². The van der Waals surface area contributed by atoms with Crippen molar-refractivity contribution in [2.45, 2.75) is 13.0 Å². The van der Waals surface area contributed by atoms with E-state index in [9.17, 15) is 9.18 Å². The van der Waals surface area contributed by atoms with Gasteiger partial charge in [-0.3, -0.25) is 14.8 Å². The molecule has 3 aromatic carbocycles. The molecule has 0 fully saturated rings. The third-order valence-corrected chi connectivity index (χ3v) is 5.93. The molecule has 4 aromatic rings. The topological polar surface area (TPSA) is 49.0 Å². The largest absolute Gasteiger partial charge is 0.295 e. The van der Waals surface area contributed by atoms with E-state index < -0.39 is 6.04 Å². The maximum atomic E-state index is 14.9. The van der Waals surface area contributed by atoms with Crippen molar-refractivity contribution >= 4 is 27.5 Å². The van der Waals surface area contributed by atoms with E-state index in [-0.39, 0.29) is 11.7 Å². The number of rotatable bonds is 3. The third-order valence-electron chi connectivity index (χ3n) is 5.40. The van der Waals surface area contributed by atoms with Gasteiger partial charge < -0.3 is 0 Å². The van der Waals surface area contributed by atoms with E-state index in [2.05, 4.69) is 26.1 Å². The number of aryl methyl sites for hydroxylation is 1. The number of aromatic amines is 1. The lowest BCUT2D eigenvalue weighted by molar-refractivity contribution is 0.0988. The van der Waals surface area contributed by atoms with E-state index in [1.807, 2.05) is 55.5 Å². The number of aromatic nitrogens is 2. The number of amides is 1. The first kappa shape index (κ1) is 18.8. The van der Waals surface area contributed by atoms with Crippen molar-refractivity contribution in [3.8, 4) is 11.3 Å². The number of carbonyl (C=O) groups is 1. The lowest BCUT2D eigenvalue weighted by atomic mass is 9.95. The van der Waals surface area contributed by atoms with Crippen molar-refractivity contribution in [3.05, 3.63) is 105 Å². The Morgan fingerprint density at radius 2 is 1.70 bits per heavy atom. The van der Waals surface area contributed by atoms with Crippen LogP contribution in [0.5, 0.6) is 0 Å². The zero-order chi connectivity index (χ0) is 20.8. The summed E-state index contributed by atoms with van der Waals surface area (Å²) in [5, 5.41) is 7.33. The molecule has 30 heavy (non-hydrogen) atoms. The Hall–Kier alpha value is -3.25. The van der Waals surface area contributed by atoms with Gasteiger partial charge in [0, 0.05) is 26.9 Å². The molecule has 5 rings (SSSR count). The quantitative estimate of drug-likeness (QED) is 0.404. The van der Waals surface area contributed by atoms with Crippen LogP contribution >= 0.6 is 15.9 Å². The predicted molar refractivity (Wildman–Crippen MR) is 118 cm³/mol. The van der Waals surface area contributed by atoms with E-state index in [1.165, 1.54) is 6.07 Å². The van der Waals surface area contributed by atoms with Gasteiger partial charge in [0.15, 0.2) is 0 Å². The second kappa shape index (κ2) is 7.22. The van der Waals surface area contributed by atoms with Gasteiger partial charge in [-0.15, -0.1) is 0 Å². The highest BCUT2D eigenvalue weighted by molar-refractivity contribution is 9.10. The van der Waals surface area contributed by atoms with E-state index in [0.717, 1.165) is 15.6 Å². The second-order valence-electron chi connectivity index (χ2n) is 7.30. The molecule has 6 heteroatoms. The lowest BCUT2D eigenvalue weighted by Crippen LogP contribution is -2.29. The normalized spacial score (nSPS) is 15.5. The van der Waals surface area contributed by atoms with Crippen molar-refractivity contribution in [1.29, 1.82) is 0 Å². The fraction of sp³-hybridized carbons (Fsp3) is 0.0833. The van der Waals surface area contributed by atoms with Crippen molar-refractivity contribution in [2.75, 3.05) is 4.90 Å². The minimum atomic E-state index is -0.617. The van der Waals surface area contributed by atoms with Gasteiger partial charge in [0.05, 0.1) is 11.7 Å². The van der Waals surface area contributed by atoms with Gasteiger partial charge in [-0.05, 0) is 37.3 Å². The van der Waals surface area contributed by atoms with Crippen molar-refractivity contribution in [1.82, 2.24) is 10.2 Å². The van der Waals surface area contributed by atoms with E-state index >= 15 is 0 Å². The first-order chi connectivity index (χ1) is 14.5. The van der Waals surface area contributed by atoms with Gasteiger partial charge in [0.25, 0.3) is 5.91 Å².